The second kappa shape index (κ2) is 8.99. The summed E-state index contributed by atoms with van der Waals surface area (Å²) in [6.45, 7) is 13.4. The fourth-order valence-corrected chi connectivity index (χ4v) is 5.16. The lowest BCUT2D eigenvalue weighted by Crippen LogP contribution is -2.49. The van der Waals surface area contributed by atoms with E-state index in [0.29, 0.717) is 23.7 Å². The molecule has 0 spiro atoms. The van der Waals surface area contributed by atoms with E-state index in [4.69, 9.17) is 4.74 Å². The summed E-state index contributed by atoms with van der Waals surface area (Å²) >= 11 is 0. The van der Waals surface area contributed by atoms with Crippen LogP contribution in [0.4, 0.5) is 0 Å². The number of likely N-dealkylation sites (tertiary alicyclic amines) is 2. The molecule has 166 valence electrons. The molecule has 0 radical (unpaired) electrons. The van der Waals surface area contributed by atoms with Crippen molar-refractivity contribution in [3.63, 3.8) is 0 Å². The average Bonchev–Trinajstić information content (AvgIpc) is 3.40. The van der Waals surface area contributed by atoms with Gasteiger partial charge in [0.1, 0.15) is 5.75 Å². The van der Waals surface area contributed by atoms with Crippen molar-refractivity contribution < 1.29 is 9.53 Å². The van der Waals surface area contributed by atoms with Crippen LogP contribution in [0.1, 0.15) is 72.4 Å². The van der Waals surface area contributed by atoms with Crippen LogP contribution in [0.5, 0.6) is 5.75 Å². The Balaban J connectivity index is 1.45. The Hall–Kier alpha value is -2.40. The van der Waals surface area contributed by atoms with Crippen molar-refractivity contribution in [1.82, 2.24) is 14.8 Å². The number of piperazine rings is 1. The molecule has 1 amide bonds. The van der Waals surface area contributed by atoms with E-state index < -0.39 is 0 Å². The third-order valence-electron chi connectivity index (χ3n) is 7.17. The standard InChI is InChI=1S/C26H35N3O2/c1-6-12-31-25-11-10-24(17(3)18(25)4)19(5)28-15-23-13-22(28)16-29(23)26(30)20-8-9-21(7-2)27-14-20/h8-11,14,19,22-23H,6-7,12-13,15-16H2,1-5H3/t19-,22-,23-/m0/s1. The highest BCUT2D eigenvalue weighted by Gasteiger charge is 2.47. The molecule has 1 aromatic carbocycles. The second-order valence-corrected chi connectivity index (χ2v) is 9.02. The van der Waals surface area contributed by atoms with Gasteiger partial charge in [-0.05, 0) is 74.9 Å². The summed E-state index contributed by atoms with van der Waals surface area (Å²) in [4.78, 5) is 22.1. The van der Waals surface area contributed by atoms with Crippen molar-refractivity contribution in [2.45, 2.75) is 72.0 Å². The van der Waals surface area contributed by atoms with Gasteiger partial charge >= 0.3 is 0 Å². The molecular formula is C26H35N3O2. The van der Waals surface area contributed by atoms with Gasteiger partial charge in [-0.25, -0.2) is 0 Å². The number of amides is 1. The highest BCUT2D eigenvalue weighted by atomic mass is 16.5. The highest BCUT2D eigenvalue weighted by Crippen LogP contribution is 2.39. The van der Waals surface area contributed by atoms with Crippen LogP contribution < -0.4 is 4.74 Å². The van der Waals surface area contributed by atoms with E-state index >= 15 is 0 Å². The molecule has 5 nitrogen and oxygen atoms in total. The Morgan fingerprint density at radius 1 is 1.13 bits per heavy atom. The molecule has 4 rings (SSSR count). The molecule has 0 saturated carbocycles. The molecule has 2 aromatic rings. The molecule has 3 heterocycles. The maximum absolute atomic E-state index is 13.1. The number of nitrogens with zero attached hydrogens (tertiary/aromatic N) is 3. The van der Waals surface area contributed by atoms with Gasteiger partial charge in [-0.15, -0.1) is 0 Å². The van der Waals surface area contributed by atoms with E-state index in [1.807, 2.05) is 12.1 Å². The van der Waals surface area contributed by atoms with Gasteiger partial charge in [0.2, 0.25) is 0 Å². The Morgan fingerprint density at radius 3 is 2.55 bits per heavy atom. The first-order valence-corrected chi connectivity index (χ1v) is 11.7. The summed E-state index contributed by atoms with van der Waals surface area (Å²) < 4.78 is 5.91. The van der Waals surface area contributed by atoms with Crippen LogP contribution in [0.3, 0.4) is 0 Å². The number of fused-ring (bicyclic) bond motifs is 2. The number of hydrogen-bond acceptors (Lipinski definition) is 4. The van der Waals surface area contributed by atoms with E-state index in [9.17, 15) is 4.79 Å². The van der Waals surface area contributed by atoms with Crippen molar-refractivity contribution in [3.8, 4) is 5.75 Å². The largest absolute Gasteiger partial charge is 0.493 e. The van der Waals surface area contributed by atoms with Gasteiger partial charge in [-0.1, -0.05) is 19.9 Å². The average molecular weight is 422 g/mol. The van der Waals surface area contributed by atoms with Gasteiger partial charge < -0.3 is 9.64 Å². The first-order valence-electron chi connectivity index (χ1n) is 11.7. The fraction of sp³-hybridized carbons (Fsp3) is 0.538. The third kappa shape index (κ3) is 4.08. The molecule has 0 unspecified atom stereocenters. The lowest BCUT2D eigenvalue weighted by atomic mass is 9.96. The molecule has 31 heavy (non-hydrogen) atoms. The summed E-state index contributed by atoms with van der Waals surface area (Å²) in [5, 5.41) is 0. The van der Waals surface area contributed by atoms with Crippen LogP contribution >= 0.6 is 0 Å². The molecule has 3 atom stereocenters. The minimum atomic E-state index is 0.124. The molecule has 1 aromatic heterocycles. The van der Waals surface area contributed by atoms with E-state index in [1.165, 1.54) is 16.7 Å². The number of aryl methyl sites for hydroxylation is 1. The normalized spacial score (nSPS) is 21.5. The molecule has 2 fully saturated rings. The predicted molar refractivity (Wildman–Crippen MR) is 124 cm³/mol. The molecule has 2 aliphatic rings. The van der Waals surface area contributed by atoms with Crippen molar-refractivity contribution in [1.29, 1.82) is 0 Å². The number of ether oxygens (including phenoxy) is 1. The Morgan fingerprint density at radius 2 is 1.94 bits per heavy atom. The van der Waals surface area contributed by atoms with Gasteiger partial charge in [0.25, 0.3) is 5.91 Å². The zero-order chi connectivity index (χ0) is 22.1. The number of pyridine rings is 1. The lowest BCUT2D eigenvalue weighted by molar-refractivity contribution is 0.0568. The molecule has 2 bridgehead atoms. The summed E-state index contributed by atoms with van der Waals surface area (Å²) in [7, 11) is 0. The summed E-state index contributed by atoms with van der Waals surface area (Å²) in [5.41, 5.74) is 5.65. The van der Waals surface area contributed by atoms with Gasteiger partial charge in [0.15, 0.2) is 0 Å². The first-order chi connectivity index (χ1) is 14.9. The molecular weight excluding hydrogens is 386 g/mol. The van der Waals surface area contributed by atoms with E-state index in [-0.39, 0.29) is 5.91 Å². The lowest BCUT2D eigenvalue weighted by Gasteiger charge is -2.38. The summed E-state index contributed by atoms with van der Waals surface area (Å²) in [6.07, 6.45) is 4.70. The number of hydrogen-bond donors (Lipinski definition) is 0. The maximum Gasteiger partial charge on any atom is 0.255 e. The topological polar surface area (TPSA) is 45.7 Å². The third-order valence-corrected chi connectivity index (χ3v) is 7.17. The number of carbonyl (C=O) groups is 1. The molecule has 0 aliphatic carbocycles. The molecule has 0 N–H and O–H groups in total. The molecule has 5 heteroatoms. The van der Waals surface area contributed by atoms with Crippen molar-refractivity contribution in [3.05, 3.63) is 58.4 Å². The smallest absolute Gasteiger partial charge is 0.255 e. The van der Waals surface area contributed by atoms with Crippen LogP contribution in [0.15, 0.2) is 30.5 Å². The van der Waals surface area contributed by atoms with Crippen LogP contribution in [-0.2, 0) is 6.42 Å². The van der Waals surface area contributed by atoms with Crippen molar-refractivity contribution in [2.75, 3.05) is 19.7 Å². The van der Waals surface area contributed by atoms with Crippen LogP contribution in [-0.4, -0.2) is 52.5 Å². The zero-order valence-electron chi connectivity index (χ0n) is 19.5. The van der Waals surface area contributed by atoms with Crippen molar-refractivity contribution in [2.24, 2.45) is 0 Å². The molecule has 2 saturated heterocycles. The SMILES string of the molecule is CCCOc1ccc([C@H](C)N2C[C@@H]3C[C@H]2CN3C(=O)c2ccc(CC)nc2)c(C)c1C. The van der Waals surface area contributed by atoms with Crippen molar-refractivity contribution >= 4 is 5.91 Å². The summed E-state index contributed by atoms with van der Waals surface area (Å²) in [5.74, 6) is 1.12. The quantitative estimate of drug-likeness (QED) is 0.650. The van der Waals surface area contributed by atoms with Gasteiger partial charge in [0.05, 0.1) is 12.2 Å². The van der Waals surface area contributed by atoms with Crippen LogP contribution in [0.25, 0.3) is 0 Å². The Bertz CT molecular complexity index is 940. The minimum absolute atomic E-state index is 0.124. The summed E-state index contributed by atoms with van der Waals surface area (Å²) in [6, 6.07) is 9.29. The van der Waals surface area contributed by atoms with Gasteiger partial charge in [-0.3, -0.25) is 14.7 Å². The number of benzene rings is 1. The second-order valence-electron chi connectivity index (χ2n) is 9.02. The monoisotopic (exact) mass is 421 g/mol. The molecule has 2 aliphatic heterocycles. The van der Waals surface area contributed by atoms with E-state index in [0.717, 1.165) is 50.4 Å². The van der Waals surface area contributed by atoms with E-state index in [2.05, 4.69) is 61.5 Å². The fourth-order valence-electron chi connectivity index (χ4n) is 5.16. The van der Waals surface area contributed by atoms with Gasteiger partial charge in [0, 0.05) is 43.1 Å². The van der Waals surface area contributed by atoms with Gasteiger partial charge in [-0.2, -0.15) is 0 Å². The Labute approximate surface area is 186 Å². The minimum Gasteiger partial charge on any atom is -0.493 e. The zero-order valence-corrected chi connectivity index (χ0v) is 19.5. The number of rotatable bonds is 7. The maximum atomic E-state index is 13.1. The van der Waals surface area contributed by atoms with Crippen LogP contribution in [0.2, 0.25) is 0 Å². The van der Waals surface area contributed by atoms with Crippen LogP contribution in [0, 0.1) is 13.8 Å². The number of carbonyl (C=O) groups excluding carboxylic acids is 1. The highest BCUT2D eigenvalue weighted by molar-refractivity contribution is 5.94. The Kier molecular flexibility index (Phi) is 6.33. The first kappa shape index (κ1) is 21.8. The number of aromatic nitrogens is 1. The van der Waals surface area contributed by atoms with E-state index in [1.54, 1.807) is 6.20 Å². The predicted octanol–water partition coefficient (Wildman–Crippen LogP) is 4.71.